The molecule has 1 unspecified atom stereocenters. The van der Waals surface area contributed by atoms with Crippen LogP contribution in [0.5, 0.6) is 0 Å². The van der Waals surface area contributed by atoms with Crippen molar-refractivity contribution in [3.63, 3.8) is 0 Å². The van der Waals surface area contributed by atoms with E-state index in [-0.39, 0.29) is 42.4 Å². The van der Waals surface area contributed by atoms with E-state index in [9.17, 15) is 14.0 Å². The first-order valence-electron chi connectivity index (χ1n) is 8.50. The molecule has 23 heavy (non-hydrogen) atoms. The van der Waals surface area contributed by atoms with Gasteiger partial charge in [-0.2, -0.15) is 0 Å². The Kier molecular flexibility index (Phi) is 4.94. The minimum Gasteiger partial charge on any atom is -0.353 e. The van der Waals surface area contributed by atoms with Crippen LogP contribution in [-0.4, -0.2) is 24.4 Å². The molecule has 0 radical (unpaired) electrons. The fraction of sp³-hybridized carbons (Fsp3) is 0.556. The standard InChI is InChI=1S/C18H23FN2O2/c19-15-9-5-6-10-16(15)21-12-13(11-17(21)22)18(23)20-14-7-3-1-2-4-8-14/h5-6,9-10,13-14H,1-4,7-8,11-12H2,(H,20,23). The molecule has 0 aromatic heterocycles. The van der Waals surface area contributed by atoms with Gasteiger partial charge in [-0.15, -0.1) is 0 Å². The highest BCUT2D eigenvalue weighted by Gasteiger charge is 2.36. The maximum Gasteiger partial charge on any atom is 0.227 e. The number of carbonyl (C=O) groups excluding carboxylic acids is 2. The molecule has 1 aliphatic heterocycles. The highest BCUT2D eigenvalue weighted by atomic mass is 19.1. The molecule has 5 heteroatoms. The Balaban J connectivity index is 1.62. The van der Waals surface area contributed by atoms with Crippen molar-refractivity contribution in [2.75, 3.05) is 11.4 Å². The molecule has 0 bridgehead atoms. The minimum absolute atomic E-state index is 0.0657. The summed E-state index contributed by atoms with van der Waals surface area (Å²) in [5, 5.41) is 3.10. The summed E-state index contributed by atoms with van der Waals surface area (Å²) in [5.41, 5.74) is 0.266. The first-order chi connectivity index (χ1) is 11.1. The molecule has 1 atom stereocenters. The molecule has 0 spiro atoms. The lowest BCUT2D eigenvalue weighted by atomic mass is 10.0. The molecule has 4 nitrogen and oxygen atoms in total. The summed E-state index contributed by atoms with van der Waals surface area (Å²) in [6.07, 6.45) is 6.95. The lowest BCUT2D eigenvalue weighted by molar-refractivity contribution is -0.127. The van der Waals surface area contributed by atoms with Gasteiger partial charge in [-0.1, -0.05) is 37.8 Å². The number of amides is 2. The van der Waals surface area contributed by atoms with Crippen molar-refractivity contribution in [1.82, 2.24) is 5.32 Å². The van der Waals surface area contributed by atoms with Gasteiger partial charge < -0.3 is 10.2 Å². The van der Waals surface area contributed by atoms with Crippen LogP contribution in [0, 0.1) is 11.7 Å². The maximum atomic E-state index is 13.9. The summed E-state index contributed by atoms with van der Waals surface area (Å²) in [6, 6.07) is 6.43. The van der Waals surface area contributed by atoms with Crippen molar-refractivity contribution in [3.05, 3.63) is 30.1 Å². The average molecular weight is 318 g/mol. The van der Waals surface area contributed by atoms with Gasteiger partial charge in [0.1, 0.15) is 5.82 Å². The summed E-state index contributed by atoms with van der Waals surface area (Å²) in [5.74, 6) is -1.06. The van der Waals surface area contributed by atoms with Crippen molar-refractivity contribution < 1.29 is 14.0 Å². The lowest BCUT2D eigenvalue weighted by Crippen LogP contribution is -2.39. The van der Waals surface area contributed by atoms with Crippen LogP contribution >= 0.6 is 0 Å². The van der Waals surface area contributed by atoms with E-state index in [2.05, 4.69) is 5.32 Å². The van der Waals surface area contributed by atoms with E-state index in [1.807, 2.05) is 0 Å². The van der Waals surface area contributed by atoms with Gasteiger partial charge in [0.2, 0.25) is 11.8 Å². The zero-order valence-corrected chi connectivity index (χ0v) is 13.3. The molecule has 1 aromatic carbocycles. The van der Waals surface area contributed by atoms with E-state index in [0.717, 1.165) is 25.7 Å². The van der Waals surface area contributed by atoms with E-state index >= 15 is 0 Å². The number of benzene rings is 1. The molecule has 1 aromatic rings. The smallest absolute Gasteiger partial charge is 0.227 e. The molecule has 2 amide bonds. The van der Waals surface area contributed by atoms with Gasteiger partial charge in [0, 0.05) is 19.0 Å². The molecular formula is C18H23FN2O2. The predicted molar refractivity (Wildman–Crippen MR) is 86.5 cm³/mol. The number of carbonyl (C=O) groups is 2. The van der Waals surface area contributed by atoms with Crippen LogP contribution in [0.25, 0.3) is 0 Å². The SMILES string of the molecule is O=C(NC1CCCCCC1)C1CC(=O)N(c2ccccc2F)C1. The van der Waals surface area contributed by atoms with E-state index in [0.29, 0.717) is 0 Å². The summed E-state index contributed by atoms with van der Waals surface area (Å²) < 4.78 is 13.9. The number of nitrogens with one attached hydrogen (secondary N) is 1. The van der Waals surface area contributed by atoms with Crippen LogP contribution in [0.1, 0.15) is 44.9 Å². The third-order valence-electron chi connectivity index (χ3n) is 4.84. The molecular weight excluding hydrogens is 295 g/mol. The number of rotatable bonds is 3. The largest absolute Gasteiger partial charge is 0.353 e. The summed E-state index contributed by atoms with van der Waals surface area (Å²) in [4.78, 5) is 26.0. The quantitative estimate of drug-likeness (QED) is 0.871. The van der Waals surface area contributed by atoms with Crippen LogP contribution in [0.15, 0.2) is 24.3 Å². The van der Waals surface area contributed by atoms with Gasteiger partial charge in [-0.05, 0) is 25.0 Å². The highest BCUT2D eigenvalue weighted by Crippen LogP contribution is 2.27. The number of para-hydroxylation sites is 1. The molecule has 2 aliphatic rings. The summed E-state index contributed by atoms with van der Waals surface area (Å²) >= 11 is 0. The van der Waals surface area contributed by atoms with Crippen molar-refractivity contribution >= 4 is 17.5 Å². The Hall–Kier alpha value is -1.91. The van der Waals surface area contributed by atoms with E-state index in [4.69, 9.17) is 0 Å². The fourth-order valence-corrected chi connectivity index (χ4v) is 3.53. The maximum absolute atomic E-state index is 13.9. The van der Waals surface area contributed by atoms with Gasteiger partial charge in [0.25, 0.3) is 0 Å². The van der Waals surface area contributed by atoms with Crippen molar-refractivity contribution in [2.45, 2.75) is 51.0 Å². The summed E-state index contributed by atoms with van der Waals surface area (Å²) in [7, 11) is 0. The number of hydrogen-bond donors (Lipinski definition) is 1. The molecule has 1 N–H and O–H groups in total. The lowest BCUT2D eigenvalue weighted by Gasteiger charge is -2.20. The van der Waals surface area contributed by atoms with E-state index < -0.39 is 5.82 Å². The number of nitrogens with zero attached hydrogens (tertiary/aromatic N) is 1. The van der Waals surface area contributed by atoms with E-state index in [1.54, 1.807) is 18.2 Å². The average Bonchev–Trinajstić information content (AvgIpc) is 2.75. The second kappa shape index (κ2) is 7.11. The number of anilines is 1. The number of hydrogen-bond acceptors (Lipinski definition) is 2. The fourth-order valence-electron chi connectivity index (χ4n) is 3.53. The van der Waals surface area contributed by atoms with Crippen molar-refractivity contribution in [1.29, 1.82) is 0 Å². The van der Waals surface area contributed by atoms with Crippen LogP contribution in [0.4, 0.5) is 10.1 Å². The third kappa shape index (κ3) is 3.71. The first kappa shape index (κ1) is 16.0. The Labute approximate surface area is 136 Å². The van der Waals surface area contributed by atoms with Gasteiger partial charge in [0.05, 0.1) is 11.6 Å². The number of halogens is 1. The van der Waals surface area contributed by atoms with Gasteiger partial charge in [0.15, 0.2) is 0 Å². The monoisotopic (exact) mass is 318 g/mol. The topological polar surface area (TPSA) is 49.4 Å². The molecule has 2 fully saturated rings. The Morgan fingerprint density at radius 1 is 1.13 bits per heavy atom. The van der Waals surface area contributed by atoms with Crippen LogP contribution in [0.3, 0.4) is 0 Å². The van der Waals surface area contributed by atoms with Gasteiger partial charge in [-0.25, -0.2) is 4.39 Å². The second-order valence-corrected chi connectivity index (χ2v) is 6.55. The minimum atomic E-state index is -0.425. The molecule has 1 heterocycles. The Bertz CT molecular complexity index is 582. The van der Waals surface area contributed by atoms with E-state index in [1.165, 1.54) is 23.8 Å². The molecule has 3 rings (SSSR count). The molecule has 124 valence electrons. The Morgan fingerprint density at radius 3 is 2.52 bits per heavy atom. The normalized spacial score (nSPS) is 22.9. The zero-order valence-electron chi connectivity index (χ0n) is 13.3. The summed E-state index contributed by atoms with van der Waals surface area (Å²) in [6.45, 7) is 0.262. The second-order valence-electron chi connectivity index (χ2n) is 6.55. The first-order valence-corrected chi connectivity index (χ1v) is 8.50. The van der Waals surface area contributed by atoms with Crippen LogP contribution in [0.2, 0.25) is 0 Å². The molecule has 1 saturated heterocycles. The highest BCUT2D eigenvalue weighted by molar-refractivity contribution is 6.00. The van der Waals surface area contributed by atoms with Gasteiger partial charge in [-0.3, -0.25) is 9.59 Å². The van der Waals surface area contributed by atoms with Gasteiger partial charge >= 0.3 is 0 Å². The third-order valence-corrected chi connectivity index (χ3v) is 4.84. The Morgan fingerprint density at radius 2 is 1.83 bits per heavy atom. The van der Waals surface area contributed by atoms with Crippen molar-refractivity contribution in [2.24, 2.45) is 5.92 Å². The van der Waals surface area contributed by atoms with Crippen molar-refractivity contribution in [3.8, 4) is 0 Å². The zero-order chi connectivity index (χ0) is 16.2. The molecule has 1 saturated carbocycles. The predicted octanol–water partition coefficient (Wildman–Crippen LogP) is 3.02. The van der Waals surface area contributed by atoms with Crippen LogP contribution in [-0.2, 0) is 9.59 Å². The van der Waals surface area contributed by atoms with Crippen LogP contribution < -0.4 is 10.2 Å². The molecule has 1 aliphatic carbocycles.